The summed E-state index contributed by atoms with van der Waals surface area (Å²) >= 11 is 0. The van der Waals surface area contributed by atoms with E-state index in [4.69, 9.17) is 0 Å². The van der Waals surface area contributed by atoms with Crippen LogP contribution in [0.4, 0.5) is 0 Å². The molecule has 0 radical (unpaired) electrons. The van der Waals surface area contributed by atoms with Gasteiger partial charge < -0.3 is 5.11 Å². The zero-order valence-corrected chi connectivity index (χ0v) is 19.3. The minimum atomic E-state index is -0.0324. The predicted octanol–water partition coefficient (Wildman–Crippen LogP) is 7.24. The van der Waals surface area contributed by atoms with E-state index in [0.717, 1.165) is 54.3 Å². The van der Waals surface area contributed by atoms with Gasteiger partial charge in [0, 0.05) is 0 Å². The first kappa shape index (κ1) is 21.0. The van der Waals surface area contributed by atoms with E-state index in [0.29, 0.717) is 10.8 Å². The van der Waals surface area contributed by atoms with Gasteiger partial charge in [-0.2, -0.15) is 0 Å². The molecule has 1 N–H and O–H groups in total. The lowest BCUT2D eigenvalue weighted by Crippen LogP contribution is -2.52. The molecule has 0 aromatic rings. The van der Waals surface area contributed by atoms with Gasteiger partial charge in [-0.05, 0) is 97.2 Å². The van der Waals surface area contributed by atoms with E-state index >= 15 is 0 Å². The quantitative estimate of drug-likeness (QED) is 0.493. The molecule has 4 aliphatic rings. The first-order chi connectivity index (χ1) is 13.3. The van der Waals surface area contributed by atoms with Crippen molar-refractivity contribution in [3.05, 3.63) is 12.2 Å². The highest BCUT2D eigenvalue weighted by atomic mass is 16.3. The Hall–Kier alpha value is -0.300. The van der Waals surface area contributed by atoms with Crippen molar-refractivity contribution in [3.63, 3.8) is 0 Å². The van der Waals surface area contributed by atoms with Crippen LogP contribution in [0.25, 0.3) is 0 Å². The van der Waals surface area contributed by atoms with Crippen LogP contribution in [0.3, 0.4) is 0 Å². The molecule has 1 heteroatoms. The molecule has 0 aliphatic heterocycles. The summed E-state index contributed by atoms with van der Waals surface area (Å²) in [4.78, 5) is 0. The summed E-state index contributed by atoms with van der Waals surface area (Å²) < 4.78 is 0. The number of hydrogen-bond acceptors (Lipinski definition) is 1. The fourth-order valence-electron chi connectivity index (χ4n) is 8.60. The van der Waals surface area contributed by atoms with E-state index in [1.165, 1.54) is 51.4 Å². The number of fused-ring (bicyclic) bond motifs is 5. The Morgan fingerprint density at radius 2 is 1.79 bits per heavy atom. The van der Waals surface area contributed by atoms with Crippen LogP contribution in [-0.2, 0) is 0 Å². The van der Waals surface area contributed by atoms with E-state index in [9.17, 15) is 5.11 Å². The molecular formula is C27H46O. The first-order valence-corrected chi connectivity index (χ1v) is 12.6. The molecule has 3 fully saturated rings. The van der Waals surface area contributed by atoms with Gasteiger partial charge in [0.25, 0.3) is 0 Å². The molecule has 0 bridgehead atoms. The fourth-order valence-corrected chi connectivity index (χ4v) is 8.60. The van der Waals surface area contributed by atoms with Crippen LogP contribution in [0.2, 0.25) is 0 Å². The summed E-state index contributed by atoms with van der Waals surface area (Å²) in [6.45, 7) is 12.5. The Labute approximate surface area is 174 Å². The van der Waals surface area contributed by atoms with Gasteiger partial charge in [-0.3, -0.25) is 0 Å². The van der Waals surface area contributed by atoms with Crippen LogP contribution in [0.15, 0.2) is 12.2 Å². The highest BCUT2D eigenvalue weighted by Crippen LogP contribution is 2.66. The lowest BCUT2D eigenvalue weighted by atomic mass is 9.46. The number of hydrogen-bond donors (Lipinski definition) is 1. The zero-order valence-electron chi connectivity index (χ0n) is 19.3. The van der Waals surface area contributed by atoms with Crippen molar-refractivity contribution in [2.24, 2.45) is 52.3 Å². The summed E-state index contributed by atoms with van der Waals surface area (Å²) in [5, 5.41) is 10.2. The second kappa shape index (κ2) is 7.75. The molecule has 0 amide bonds. The summed E-state index contributed by atoms with van der Waals surface area (Å²) in [5.74, 6) is 5.93. The summed E-state index contributed by atoms with van der Waals surface area (Å²) in [5.41, 5.74) is 0.886. The maximum Gasteiger partial charge on any atom is 0.0543 e. The standard InChI is InChI=1S/C27H46O/c1-18(2)7-6-8-19(3)23-11-12-24-22-10-9-20-17-21(28)13-15-26(20,4)25(22)14-16-27(23,24)5/h14,16,18-25,28H,6-13,15,17H2,1-5H3/t19-,20+,21+,22+,23-,24+,25+,26+,27-/m1/s1. The van der Waals surface area contributed by atoms with Gasteiger partial charge in [0.15, 0.2) is 0 Å². The molecule has 1 nitrogen and oxygen atoms in total. The third-order valence-electron chi connectivity index (χ3n) is 10.3. The van der Waals surface area contributed by atoms with Crippen molar-refractivity contribution in [1.29, 1.82) is 0 Å². The molecular weight excluding hydrogens is 340 g/mol. The van der Waals surface area contributed by atoms with Crippen molar-refractivity contribution >= 4 is 0 Å². The van der Waals surface area contributed by atoms with Gasteiger partial charge in [-0.15, -0.1) is 0 Å². The number of rotatable bonds is 5. The monoisotopic (exact) mass is 386 g/mol. The van der Waals surface area contributed by atoms with Crippen molar-refractivity contribution in [2.45, 2.75) is 105 Å². The van der Waals surface area contributed by atoms with Crippen molar-refractivity contribution in [3.8, 4) is 0 Å². The van der Waals surface area contributed by atoms with Crippen LogP contribution in [-0.4, -0.2) is 11.2 Å². The molecule has 160 valence electrons. The minimum absolute atomic E-state index is 0.0324. The molecule has 0 saturated heterocycles. The molecule has 0 heterocycles. The minimum Gasteiger partial charge on any atom is -0.393 e. The van der Waals surface area contributed by atoms with Gasteiger partial charge >= 0.3 is 0 Å². The second-order valence-electron chi connectivity index (χ2n) is 12.2. The molecule has 0 unspecified atom stereocenters. The van der Waals surface area contributed by atoms with Crippen LogP contribution in [0.5, 0.6) is 0 Å². The lowest BCUT2D eigenvalue weighted by Gasteiger charge is -2.58. The maximum atomic E-state index is 10.2. The first-order valence-electron chi connectivity index (χ1n) is 12.6. The summed E-state index contributed by atoms with van der Waals surface area (Å²) in [6.07, 6.45) is 18.6. The largest absolute Gasteiger partial charge is 0.393 e. The number of aliphatic hydroxyl groups excluding tert-OH is 1. The predicted molar refractivity (Wildman–Crippen MR) is 119 cm³/mol. The topological polar surface area (TPSA) is 20.2 Å². The van der Waals surface area contributed by atoms with Gasteiger partial charge in [0.1, 0.15) is 0 Å². The smallest absolute Gasteiger partial charge is 0.0543 e. The van der Waals surface area contributed by atoms with Gasteiger partial charge in [0.2, 0.25) is 0 Å². The third kappa shape index (κ3) is 3.42. The second-order valence-corrected chi connectivity index (χ2v) is 12.2. The van der Waals surface area contributed by atoms with Gasteiger partial charge in [-0.1, -0.05) is 66.0 Å². The van der Waals surface area contributed by atoms with Crippen LogP contribution in [0.1, 0.15) is 98.8 Å². The lowest BCUT2D eigenvalue weighted by molar-refractivity contribution is -0.0821. The summed E-state index contributed by atoms with van der Waals surface area (Å²) in [6, 6.07) is 0. The van der Waals surface area contributed by atoms with Crippen molar-refractivity contribution in [2.75, 3.05) is 0 Å². The van der Waals surface area contributed by atoms with Crippen LogP contribution >= 0.6 is 0 Å². The number of allylic oxidation sites excluding steroid dienone is 2. The highest BCUT2D eigenvalue weighted by molar-refractivity contribution is 5.20. The summed E-state index contributed by atoms with van der Waals surface area (Å²) in [7, 11) is 0. The Bertz CT molecular complexity index is 579. The normalized spacial score (nSPS) is 48.8. The SMILES string of the molecule is CC(C)CCC[C@@H](C)[C@H]1CC[C@H]2[C@@H]3CC[C@H]4C[C@@H](O)CC[C@]4(C)[C@H]3C=C[C@]12C. The zero-order chi connectivity index (χ0) is 20.1. The van der Waals surface area contributed by atoms with E-state index in [1.54, 1.807) is 0 Å². The van der Waals surface area contributed by atoms with E-state index in [-0.39, 0.29) is 6.10 Å². The van der Waals surface area contributed by atoms with E-state index < -0.39 is 0 Å². The molecule has 4 rings (SSSR count). The van der Waals surface area contributed by atoms with E-state index in [1.807, 2.05) is 0 Å². The Kier molecular flexibility index (Phi) is 5.80. The highest BCUT2D eigenvalue weighted by Gasteiger charge is 2.58. The van der Waals surface area contributed by atoms with E-state index in [2.05, 4.69) is 46.8 Å². The van der Waals surface area contributed by atoms with Crippen LogP contribution in [0, 0.1) is 52.3 Å². The Balaban J connectivity index is 1.51. The Morgan fingerprint density at radius 1 is 1.00 bits per heavy atom. The molecule has 0 spiro atoms. The maximum absolute atomic E-state index is 10.2. The fraction of sp³-hybridized carbons (Fsp3) is 0.926. The average Bonchev–Trinajstić information content (AvgIpc) is 2.99. The van der Waals surface area contributed by atoms with Gasteiger partial charge in [0.05, 0.1) is 6.10 Å². The Morgan fingerprint density at radius 3 is 2.54 bits per heavy atom. The molecule has 0 aromatic heterocycles. The molecule has 4 aliphatic carbocycles. The molecule has 0 aromatic carbocycles. The van der Waals surface area contributed by atoms with Crippen molar-refractivity contribution in [1.82, 2.24) is 0 Å². The van der Waals surface area contributed by atoms with Crippen molar-refractivity contribution < 1.29 is 5.11 Å². The molecule has 28 heavy (non-hydrogen) atoms. The molecule has 9 atom stereocenters. The third-order valence-corrected chi connectivity index (χ3v) is 10.3. The molecule has 3 saturated carbocycles. The number of aliphatic hydroxyl groups is 1. The van der Waals surface area contributed by atoms with Gasteiger partial charge in [-0.25, -0.2) is 0 Å². The average molecular weight is 387 g/mol. The van der Waals surface area contributed by atoms with Crippen LogP contribution < -0.4 is 0 Å².